The largest absolute Gasteiger partial charge is 0.516 e. The summed E-state index contributed by atoms with van der Waals surface area (Å²) in [5.74, 6) is 0. The third-order valence-corrected chi connectivity index (χ3v) is 0.149. The van der Waals surface area contributed by atoms with Crippen molar-refractivity contribution < 1.29 is 20.1 Å². The molecule has 0 aliphatic rings. The molecule has 8 heavy (non-hydrogen) atoms. The van der Waals surface area contributed by atoms with Gasteiger partial charge >= 0.3 is 6.16 Å². The molecule has 4 nitrogen and oxygen atoms in total. The Morgan fingerprint density at radius 2 is 1.62 bits per heavy atom. The van der Waals surface area contributed by atoms with Crippen LogP contribution in [-0.2, 0) is 0 Å². The lowest BCUT2D eigenvalue weighted by Crippen LogP contribution is -1.81. The molecule has 0 fully saturated rings. The number of aliphatic hydroxyl groups is 1. The first kappa shape index (κ1) is 9.94. The van der Waals surface area contributed by atoms with E-state index in [2.05, 4.69) is 0 Å². The summed E-state index contributed by atoms with van der Waals surface area (Å²) in [6, 6.07) is 0. The molecule has 0 aromatic rings. The van der Waals surface area contributed by atoms with E-state index in [0.717, 1.165) is 6.26 Å². The van der Waals surface area contributed by atoms with E-state index in [1.54, 1.807) is 13.0 Å². The monoisotopic (exact) mass is 120 g/mol. The van der Waals surface area contributed by atoms with Gasteiger partial charge < -0.3 is 15.3 Å². The third kappa shape index (κ3) is 1930. The maximum atomic E-state index is 8.56. The van der Waals surface area contributed by atoms with Gasteiger partial charge in [-0.3, -0.25) is 0 Å². The van der Waals surface area contributed by atoms with Gasteiger partial charge in [-0.25, -0.2) is 4.79 Å². The minimum Gasteiger partial charge on any atom is -0.516 e. The van der Waals surface area contributed by atoms with E-state index in [1.807, 2.05) is 0 Å². The van der Waals surface area contributed by atoms with Gasteiger partial charge in [0.2, 0.25) is 0 Å². The molecule has 0 aromatic heterocycles. The Morgan fingerprint density at radius 1 is 1.50 bits per heavy atom. The van der Waals surface area contributed by atoms with Crippen LogP contribution in [0.5, 0.6) is 0 Å². The van der Waals surface area contributed by atoms with Gasteiger partial charge in [0.15, 0.2) is 0 Å². The Kier molecular flexibility index (Phi) is 11.5. The van der Waals surface area contributed by atoms with E-state index in [0.29, 0.717) is 0 Å². The standard InChI is InChI=1S/C3H6O.CH2O3/c1-2-3-4;2-1(3)4/h2-4H,1H3;(H2,2,3,4). The summed E-state index contributed by atoms with van der Waals surface area (Å²) < 4.78 is 0. The van der Waals surface area contributed by atoms with Crippen molar-refractivity contribution in [3.8, 4) is 0 Å². The second-order valence-electron chi connectivity index (χ2n) is 0.765. The van der Waals surface area contributed by atoms with Crippen LogP contribution in [0.4, 0.5) is 4.79 Å². The van der Waals surface area contributed by atoms with Crippen LogP contribution >= 0.6 is 0 Å². The zero-order valence-corrected chi connectivity index (χ0v) is 4.40. The van der Waals surface area contributed by atoms with Crippen LogP contribution in [0.1, 0.15) is 6.92 Å². The Morgan fingerprint density at radius 3 is 1.62 bits per heavy atom. The third-order valence-electron chi connectivity index (χ3n) is 0.149. The highest BCUT2D eigenvalue weighted by molar-refractivity contribution is 5.53. The zero-order chi connectivity index (χ0) is 6.99. The number of carbonyl (C=O) groups is 1. The first-order valence-corrected chi connectivity index (χ1v) is 1.82. The number of hydrogen-bond acceptors (Lipinski definition) is 2. The molecular weight excluding hydrogens is 112 g/mol. The van der Waals surface area contributed by atoms with Crippen molar-refractivity contribution in [1.82, 2.24) is 0 Å². The van der Waals surface area contributed by atoms with Crippen molar-refractivity contribution in [2.75, 3.05) is 0 Å². The summed E-state index contributed by atoms with van der Waals surface area (Å²) in [4.78, 5) is 8.56. The van der Waals surface area contributed by atoms with Crippen molar-refractivity contribution in [2.45, 2.75) is 6.92 Å². The van der Waals surface area contributed by atoms with Crippen LogP contribution in [0.3, 0.4) is 0 Å². The van der Waals surface area contributed by atoms with Gasteiger partial charge in [0.1, 0.15) is 0 Å². The SMILES string of the molecule is CC=CO.O=C(O)O. The van der Waals surface area contributed by atoms with Gasteiger partial charge in [-0.05, 0) is 6.92 Å². The van der Waals surface area contributed by atoms with Gasteiger partial charge in [0.05, 0.1) is 6.26 Å². The van der Waals surface area contributed by atoms with Gasteiger partial charge in [0.25, 0.3) is 0 Å². The molecule has 0 aliphatic carbocycles. The van der Waals surface area contributed by atoms with Crippen molar-refractivity contribution in [3.05, 3.63) is 12.3 Å². The fraction of sp³-hybridized carbons (Fsp3) is 0.250. The fourth-order valence-electron chi connectivity index (χ4n) is 0. The number of carboxylic acid groups (broad SMARTS) is 2. The Balaban J connectivity index is 0. The zero-order valence-electron chi connectivity index (χ0n) is 4.40. The van der Waals surface area contributed by atoms with E-state index < -0.39 is 6.16 Å². The normalized spacial score (nSPS) is 7.62. The molecule has 0 rings (SSSR count). The number of hydrogen-bond donors (Lipinski definition) is 3. The Bertz CT molecular complexity index is 68.1. The van der Waals surface area contributed by atoms with Gasteiger partial charge in [0, 0.05) is 0 Å². The molecule has 48 valence electrons. The van der Waals surface area contributed by atoms with Gasteiger partial charge in [-0.15, -0.1) is 0 Å². The molecule has 0 unspecified atom stereocenters. The second-order valence-corrected chi connectivity index (χ2v) is 0.765. The van der Waals surface area contributed by atoms with E-state index in [9.17, 15) is 0 Å². The highest BCUT2D eigenvalue weighted by Gasteiger charge is 1.70. The molecule has 0 aromatic carbocycles. The predicted molar refractivity (Wildman–Crippen MR) is 28.1 cm³/mol. The fourth-order valence-corrected chi connectivity index (χ4v) is 0. The van der Waals surface area contributed by atoms with Crippen molar-refractivity contribution in [3.63, 3.8) is 0 Å². The van der Waals surface area contributed by atoms with E-state index in [1.165, 1.54) is 0 Å². The topological polar surface area (TPSA) is 77.8 Å². The van der Waals surface area contributed by atoms with Gasteiger partial charge in [-0.2, -0.15) is 0 Å². The van der Waals surface area contributed by atoms with E-state index in [-0.39, 0.29) is 0 Å². The number of aliphatic hydroxyl groups excluding tert-OH is 1. The summed E-state index contributed by atoms with van der Waals surface area (Å²) in [7, 11) is 0. The predicted octanol–water partition coefficient (Wildman–Crippen LogP) is 1.30. The summed E-state index contributed by atoms with van der Waals surface area (Å²) in [6.45, 7) is 1.75. The van der Waals surface area contributed by atoms with E-state index >= 15 is 0 Å². The van der Waals surface area contributed by atoms with Crippen molar-refractivity contribution >= 4 is 6.16 Å². The molecular formula is C4H8O4. The number of allylic oxidation sites excluding steroid dienone is 1. The average Bonchev–Trinajstić information content (AvgIpc) is 1.65. The van der Waals surface area contributed by atoms with Crippen LogP contribution in [-0.4, -0.2) is 21.5 Å². The van der Waals surface area contributed by atoms with Crippen LogP contribution in [0.25, 0.3) is 0 Å². The summed E-state index contributed by atoms with van der Waals surface area (Å²) in [6.07, 6.45) is 0.722. The highest BCUT2D eigenvalue weighted by atomic mass is 16.6. The second kappa shape index (κ2) is 9.26. The maximum Gasteiger partial charge on any atom is 0.503 e. The average molecular weight is 120 g/mol. The first-order valence-electron chi connectivity index (χ1n) is 1.82. The molecule has 0 heterocycles. The molecule has 3 N–H and O–H groups in total. The molecule has 0 atom stereocenters. The molecule has 0 saturated heterocycles. The summed E-state index contributed by atoms with van der Waals surface area (Å²) in [5, 5.41) is 21.6. The smallest absolute Gasteiger partial charge is 0.503 e. The van der Waals surface area contributed by atoms with Gasteiger partial charge in [-0.1, -0.05) is 6.08 Å². The lowest BCUT2D eigenvalue weighted by Gasteiger charge is -1.60. The number of rotatable bonds is 0. The van der Waals surface area contributed by atoms with Crippen LogP contribution in [0.2, 0.25) is 0 Å². The molecule has 4 heteroatoms. The first-order chi connectivity index (χ1) is 3.65. The molecule has 0 radical (unpaired) electrons. The minimum absolute atomic E-state index is 1.00. The highest BCUT2D eigenvalue weighted by Crippen LogP contribution is 1.51. The molecule has 0 aliphatic heterocycles. The quantitative estimate of drug-likeness (QED) is 0.421. The van der Waals surface area contributed by atoms with Crippen LogP contribution < -0.4 is 0 Å². The van der Waals surface area contributed by atoms with Crippen molar-refractivity contribution in [2.24, 2.45) is 0 Å². The minimum atomic E-state index is -1.83. The summed E-state index contributed by atoms with van der Waals surface area (Å²) in [5.41, 5.74) is 0. The molecule has 0 amide bonds. The maximum absolute atomic E-state index is 8.56. The lowest BCUT2D eigenvalue weighted by molar-refractivity contribution is 0.137. The summed E-state index contributed by atoms with van der Waals surface area (Å²) >= 11 is 0. The lowest BCUT2D eigenvalue weighted by atomic mass is 10.8. The van der Waals surface area contributed by atoms with E-state index in [4.69, 9.17) is 20.1 Å². The Labute approximate surface area is 46.7 Å². The molecule has 0 spiro atoms. The molecule has 0 bridgehead atoms. The molecule has 0 saturated carbocycles. The van der Waals surface area contributed by atoms with Crippen LogP contribution in [0, 0.1) is 0 Å². The van der Waals surface area contributed by atoms with Crippen molar-refractivity contribution in [1.29, 1.82) is 0 Å². The Hall–Kier alpha value is -1.19. The van der Waals surface area contributed by atoms with Crippen LogP contribution in [0.15, 0.2) is 12.3 Å².